The third kappa shape index (κ3) is 2.54. The molecule has 0 amide bonds. The molecule has 0 aliphatic carbocycles. The van der Waals surface area contributed by atoms with Crippen molar-refractivity contribution in [3.05, 3.63) is 34.9 Å². The van der Waals surface area contributed by atoms with Gasteiger partial charge in [-0.3, -0.25) is 0 Å². The molecular formula is C9H6N2O2S2. The molecule has 2 aromatic heterocycles. The van der Waals surface area contributed by atoms with Gasteiger partial charge in [-0.2, -0.15) is 0 Å². The molecule has 0 aromatic carbocycles. The zero-order valence-corrected chi connectivity index (χ0v) is 9.09. The highest BCUT2D eigenvalue weighted by Gasteiger charge is 2.07. The van der Waals surface area contributed by atoms with E-state index in [-0.39, 0.29) is 0 Å². The monoisotopic (exact) mass is 238 g/mol. The van der Waals surface area contributed by atoms with E-state index in [0.717, 1.165) is 9.92 Å². The van der Waals surface area contributed by atoms with E-state index in [4.69, 9.17) is 5.11 Å². The van der Waals surface area contributed by atoms with Gasteiger partial charge in [0.15, 0.2) is 0 Å². The zero-order valence-electron chi connectivity index (χ0n) is 7.45. The lowest BCUT2D eigenvalue weighted by atomic mass is 10.5. The Kier molecular flexibility index (Phi) is 2.98. The van der Waals surface area contributed by atoms with Crippen LogP contribution in [0.3, 0.4) is 0 Å². The molecule has 6 heteroatoms. The third-order valence-electron chi connectivity index (χ3n) is 1.56. The van der Waals surface area contributed by atoms with Crippen LogP contribution in [0, 0.1) is 0 Å². The lowest BCUT2D eigenvalue weighted by Crippen LogP contribution is -1.89. The van der Waals surface area contributed by atoms with Crippen molar-refractivity contribution in [2.24, 2.45) is 0 Å². The van der Waals surface area contributed by atoms with E-state index < -0.39 is 5.97 Å². The molecule has 4 nitrogen and oxygen atoms in total. The van der Waals surface area contributed by atoms with Crippen LogP contribution >= 0.6 is 23.1 Å². The fraction of sp³-hybridized carbons (Fsp3) is 0. The highest BCUT2D eigenvalue weighted by Crippen LogP contribution is 2.29. The van der Waals surface area contributed by atoms with Crippen molar-refractivity contribution in [1.82, 2.24) is 9.97 Å². The maximum Gasteiger partial charge on any atom is 0.345 e. The van der Waals surface area contributed by atoms with Crippen molar-refractivity contribution in [3.63, 3.8) is 0 Å². The number of hydrogen-bond acceptors (Lipinski definition) is 5. The largest absolute Gasteiger partial charge is 0.477 e. The Morgan fingerprint density at radius 3 is 3.00 bits per heavy atom. The minimum Gasteiger partial charge on any atom is -0.477 e. The van der Waals surface area contributed by atoms with E-state index in [1.807, 2.05) is 0 Å². The van der Waals surface area contributed by atoms with Crippen molar-refractivity contribution in [2.45, 2.75) is 9.92 Å². The Hall–Kier alpha value is -1.40. The van der Waals surface area contributed by atoms with Crippen LogP contribution in [0.1, 0.15) is 9.67 Å². The first-order chi connectivity index (χ1) is 7.25. The summed E-state index contributed by atoms with van der Waals surface area (Å²) in [5, 5.41) is 11.3. The van der Waals surface area contributed by atoms with Gasteiger partial charge in [-0.1, -0.05) is 11.8 Å². The van der Waals surface area contributed by atoms with Gasteiger partial charge in [-0.25, -0.2) is 14.8 Å². The molecule has 0 atom stereocenters. The number of carbonyl (C=O) groups is 1. The average Bonchev–Trinajstić information content (AvgIpc) is 2.68. The van der Waals surface area contributed by atoms with Gasteiger partial charge in [0.25, 0.3) is 0 Å². The first kappa shape index (κ1) is 10.1. The Morgan fingerprint density at radius 1 is 1.53 bits per heavy atom. The maximum absolute atomic E-state index is 10.6. The van der Waals surface area contributed by atoms with Crippen LogP contribution < -0.4 is 0 Å². The number of thiophene rings is 1. The molecule has 0 unspecified atom stereocenters. The van der Waals surface area contributed by atoms with Crippen molar-refractivity contribution < 1.29 is 9.90 Å². The second-order valence-corrected chi connectivity index (χ2v) is 4.61. The lowest BCUT2D eigenvalue weighted by Gasteiger charge is -1.94. The number of rotatable bonds is 3. The molecule has 76 valence electrons. The SMILES string of the molecule is O=C(O)c1cc(Sc2ccncn2)cs1. The van der Waals surface area contributed by atoms with Crippen LogP contribution in [0.4, 0.5) is 0 Å². The van der Waals surface area contributed by atoms with Crippen LogP contribution in [0.15, 0.2) is 40.0 Å². The lowest BCUT2D eigenvalue weighted by molar-refractivity contribution is 0.0702. The van der Waals surface area contributed by atoms with Gasteiger partial charge >= 0.3 is 5.97 Å². The second-order valence-electron chi connectivity index (χ2n) is 2.60. The average molecular weight is 238 g/mol. The summed E-state index contributed by atoms with van der Waals surface area (Å²) in [5.41, 5.74) is 0. The minimum absolute atomic E-state index is 0.339. The van der Waals surface area contributed by atoms with Crippen molar-refractivity contribution >= 4 is 29.1 Å². The van der Waals surface area contributed by atoms with Gasteiger partial charge in [0.2, 0.25) is 0 Å². The third-order valence-corrected chi connectivity index (χ3v) is 3.55. The molecule has 0 aliphatic heterocycles. The van der Waals surface area contributed by atoms with Crippen molar-refractivity contribution in [1.29, 1.82) is 0 Å². The number of carboxylic acids is 1. The van der Waals surface area contributed by atoms with Gasteiger partial charge in [-0.05, 0) is 12.1 Å². The van der Waals surface area contributed by atoms with Crippen LogP contribution in [-0.2, 0) is 0 Å². The zero-order chi connectivity index (χ0) is 10.7. The van der Waals surface area contributed by atoms with E-state index in [2.05, 4.69) is 9.97 Å². The van der Waals surface area contributed by atoms with E-state index in [9.17, 15) is 4.79 Å². The maximum atomic E-state index is 10.6. The van der Waals surface area contributed by atoms with Gasteiger partial charge < -0.3 is 5.11 Å². The Morgan fingerprint density at radius 2 is 2.40 bits per heavy atom. The number of hydrogen-bond donors (Lipinski definition) is 1. The second kappa shape index (κ2) is 4.41. The quantitative estimate of drug-likeness (QED) is 0.832. The predicted octanol–water partition coefficient (Wildman–Crippen LogP) is 2.39. The Labute approximate surface area is 94.0 Å². The van der Waals surface area contributed by atoms with E-state index in [1.54, 1.807) is 23.7 Å². The van der Waals surface area contributed by atoms with E-state index in [0.29, 0.717) is 4.88 Å². The molecule has 2 rings (SSSR count). The van der Waals surface area contributed by atoms with Crippen LogP contribution in [-0.4, -0.2) is 21.0 Å². The fourth-order valence-electron chi connectivity index (χ4n) is 0.944. The molecule has 0 radical (unpaired) electrons. The molecule has 0 saturated carbocycles. The summed E-state index contributed by atoms with van der Waals surface area (Å²) < 4.78 is 0. The van der Waals surface area contributed by atoms with Gasteiger partial charge in [0.05, 0.1) is 0 Å². The highest BCUT2D eigenvalue weighted by atomic mass is 32.2. The summed E-state index contributed by atoms with van der Waals surface area (Å²) in [6, 6.07) is 3.42. The molecular weight excluding hydrogens is 232 g/mol. The van der Waals surface area contributed by atoms with E-state index >= 15 is 0 Å². The number of aromatic nitrogens is 2. The normalized spacial score (nSPS) is 10.1. The van der Waals surface area contributed by atoms with Gasteiger partial charge in [-0.15, -0.1) is 11.3 Å². The predicted molar refractivity (Wildman–Crippen MR) is 57.4 cm³/mol. The molecule has 0 saturated heterocycles. The molecule has 0 fully saturated rings. The highest BCUT2D eigenvalue weighted by molar-refractivity contribution is 7.99. The number of nitrogens with zero attached hydrogens (tertiary/aromatic N) is 2. The summed E-state index contributed by atoms with van der Waals surface area (Å²) in [7, 11) is 0. The number of aromatic carboxylic acids is 1. The first-order valence-corrected chi connectivity index (χ1v) is 5.71. The van der Waals surface area contributed by atoms with Crippen LogP contribution in [0.25, 0.3) is 0 Å². The topological polar surface area (TPSA) is 63.1 Å². The molecule has 2 heterocycles. The molecule has 0 bridgehead atoms. The molecule has 1 N–H and O–H groups in total. The summed E-state index contributed by atoms with van der Waals surface area (Å²) in [6.45, 7) is 0. The molecule has 15 heavy (non-hydrogen) atoms. The van der Waals surface area contributed by atoms with Crippen LogP contribution in [0.2, 0.25) is 0 Å². The summed E-state index contributed by atoms with van der Waals surface area (Å²) >= 11 is 2.63. The Bertz CT molecular complexity index is 470. The van der Waals surface area contributed by atoms with Crippen molar-refractivity contribution in [2.75, 3.05) is 0 Å². The summed E-state index contributed by atoms with van der Waals surface area (Å²) in [4.78, 5) is 19.7. The minimum atomic E-state index is -0.894. The van der Waals surface area contributed by atoms with Crippen LogP contribution in [0.5, 0.6) is 0 Å². The summed E-state index contributed by atoms with van der Waals surface area (Å²) in [6.07, 6.45) is 3.12. The van der Waals surface area contributed by atoms with Gasteiger partial charge in [0, 0.05) is 16.5 Å². The molecule has 0 aliphatic rings. The van der Waals surface area contributed by atoms with E-state index in [1.165, 1.54) is 29.4 Å². The summed E-state index contributed by atoms with van der Waals surface area (Å²) in [5.74, 6) is -0.894. The van der Waals surface area contributed by atoms with Crippen molar-refractivity contribution in [3.8, 4) is 0 Å². The molecule has 2 aromatic rings. The first-order valence-electron chi connectivity index (χ1n) is 4.01. The fourth-order valence-corrected chi connectivity index (χ4v) is 2.61. The van der Waals surface area contributed by atoms with Gasteiger partial charge in [0.1, 0.15) is 16.2 Å². The smallest absolute Gasteiger partial charge is 0.345 e. The Balaban J connectivity index is 2.15. The number of carboxylic acid groups (broad SMARTS) is 1. The standard InChI is InChI=1S/C9H6N2O2S2/c12-9(13)7-3-6(4-14-7)15-8-1-2-10-5-11-8/h1-5H,(H,12,13). The molecule has 0 spiro atoms.